The quantitative estimate of drug-likeness (QED) is 0.425. The van der Waals surface area contributed by atoms with E-state index >= 15 is 0 Å². The Labute approximate surface area is 177 Å². The average molecular weight is 417 g/mol. The van der Waals surface area contributed by atoms with Crippen LogP contribution in [0.3, 0.4) is 0 Å². The normalized spacial score (nSPS) is 19.2. The molecule has 2 aromatic rings. The molecular formula is C25H30F2O3. The monoisotopic (exact) mass is 416 g/mol. The van der Waals surface area contributed by atoms with Crippen LogP contribution in [-0.4, -0.2) is 19.8 Å². The summed E-state index contributed by atoms with van der Waals surface area (Å²) < 4.78 is 45.3. The molecule has 162 valence electrons. The van der Waals surface area contributed by atoms with Crippen molar-refractivity contribution in [3.05, 3.63) is 65.2 Å². The molecule has 5 heteroatoms. The molecule has 1 fully saturated rings. The molecule has 0 amide bonds. The van der Waals surface area contributed by atoms with Gasteiger partial charge in [-0.1, -0.05) is 49.8 Å². The topological polar surface area (TPSA) is 27.7 Å². The van der Waals surface area contributed by atoms with Crippen molar-refractivity contribution < 1.29 is 23.0 Å². The molecule has 1 saturated heterocycles. The van der Waals surface area contributed by atoms with E-state index in [1.165, 1.54) is 17.7 Å². The van der Waals surface area contributed by atoms with Crippen LogP contribution in [0.1, 0.15) is 56.8 Å². The summed E-state index contributed by atoms with van der Waals surface area (Å²) in [6.45, 7) is 5.19. The van der Waals surface area contributed by atoms with Crippen molar-refractivity contribution in [3.63, 3.8) is 0 Å². The maximum atomic E-state index is 14.3. The molecule has 0 saturated carbocycles. The fraction of sp³-hybridized carbons (Fsp3) is 0.440. The zero-order valence-corrected chi connectivity index (χ0v) is 17.7. The van der Waals surface area contributed by atoms with E-state index in [0.29, 0.717) is 19.8 Å². The molecule has 3 rings (SSSR count). The predicted molar refractivity (Wildman–Crippen MR) is 115 cm³/mol. The van der Waals surface area contributed by atoms with E-state index in [-0.39, 0.29) is 23.5 Å². The fourth-order valence-corrected chi connectivity index (χ4v) is 3.49. The summed E-state index contributed by atoms with van der Waals surface area (Å²) >= 11 is 0. The molecule has 1 aliphatic heterocycles. The number of hydrogen-bond acceptors (Lipinski definition) is 3. The van der Waals surface area contributed by atoms with Gasteiger partial charge in [-0.25, -0.2) is 0 Å². The molecule has 1 heterocycles. The first-order valence-electron chi connectivity index (χ1n) is 10.7. The number of halogens is 2. The van der Waals surface area contributed by atoms with Gasteiger partial charge in [0.2, 0.25) is 11.6 Å². The summed E-state index contributed by atoms with van der Waals surface area (Å²) in [6, 6.07) is 11.2. The minimum atomic E-state index is -1.00. The number of rotatable bonds is 9. The predicted octanol–water partition coefficient (Wildman–Crippen LogP) is 6.72. The molecule has 0 aliphatic carbocycles. The summed E-state index contributed by atoms with van der Waals surface area (Å²) in [4.78, 5) is 0. The average Bonchev–Trinajstić information content (AvgIpc) is 2.77. The molecule has 0 bridgehead atoms. The van der Waals surface area contributed by atoms with Crippen molar-refractivity contribution >= 4 is 6.08 Å². The number of benzene rings is 2. The second-order valence-electron chi connectivity index (χ2n) is 7.63. The molecule has 0 spiro atoms. The number of hydrogen-bond donors (Lipinski definition) is 0. The van der Waals surface area contributed by atoms with Crippen LogP contribution < -0.4 is 9.47 Å². The zero-order chi connectivity index (χ0) is 21.3. The van der Waals surface area contributed by atoms with Gasteiger partial charge in [0, 0.05) is 5.92 Å². The highest BCUT2D eigenvalue weighted by Gasteiger charge is 2.24. The molecule has 0 aromatic heterocycles. The third-order valence-electron chi connectivity index (χ3n) is 5.28. The SMILES string of the molecule is C/C=C/c1ccc(C2CCC(COc3ccc(OCCCC)c(F)c3F)CO2)cc1. The van der Waals surface area contributed by atoms with Crippen molar-refractivity contribution in [2.75, 3.05) is 19.8 Å². The first-order valence-corrected chi connectivity index (χ1v) is 10.7. The Balaban J connectivity index is 1.49. The number of unbranched alkanes of at least 4 members (excludes halogenated alkanes) is 1. The van der Waals surface area contributed by atoms with Crippen molar-refractivity contribution in [1.82, 2.24) is 0 Å². The molecule has 2 unspecified atom stereocenters. The Morgan fingerprint density at radius 1 is 1.00 bits per heavy atom. The van der Waals surface area contributed by atoms with Crippen LogP contribution >= 0.6 is 0 Å². The first kappa shape index (κ1) is 22.3. The summed E-state index contributed by atoms with van der Waals surface area (Å²) in [5, 5.41) is 0. The summed E-state index contributed by atoms with van der Waals surface area (Å²) in [7, 11) is 0. The van der Waals surface area contributed by atoms with Crippen molar-refractivity contribution in [3.8, 4) is 11.5 Å². The van der Waals surface area contributed by atoms with Crippen molar-refractivity contribution in [2.24, 2.45) is 5.92 Å². The Hall–Kier alpha value is -2.40. The lowest BCUT2D eigenvalue weighted by molar-refractivity contribution is -0.0289. The third-order valence-corrected chi connectivity index (χ3v) is 5.28. The minimum absolute atomic E-state index is 0.0645. The van der Waals surface area contributed by atoms with E-state index in [4.69, 9.17) is 14.2 Å². The Morgan fingerprint density at radius 2 is 1.70 bits per heavy atom. The standard InChI is InChI=1S/C25H30F2O3/c1-3-5-15-28-22-13-14-23(25(27)24(22)26)30-17-19-9-12-21(29-16-19)20-10-7-18(6-4-2)8-11-20/h4,6-8,10-11,13-14,19,21H,3,5,9,12,15-17H2,1-2H3/b6-4+. The van der Waals surface area contributed by atoms with Crippen molar-refractivity contribution in [1.29, 1.82) is 0 Å². The lowest BCUT2D eigenvalue weighted by Gasteiger charge is -2.29. The van der Waals surface area contributed by atoms with E-state index in [0.717, 1.165) is 31.2 Å². The van der Waals surface area contributed by atoms with Gasteiger partial charge >= 0.3 is 0 Å². The van der Waals surface area contributed by atoms with Gasteiger partial charge in [-0.2, -0.15) is 8.78 Å². The van der Waals surface area contributed by atoms with Gasteiger partial charge in [-0.15, -0.1) is 0 Å². The van der Waals surface area contributed by atoms with Gasteiger partial charge in [0.1, 0.15) is 0 Å². The second kappa shape index (κ2) is 11.1. The van der Waals surface area contributed by atoms with Crippen LogP contribution in [0.2, 0.25) is 0 Å². The van der Waals surface area contributed by atoms with Gasteiger partial charge in [-0.3, -0.25) is 0 Å². The number of allylic oxidation sites excluding steroid dienone is 1. The van der Waals surface area contributed by atoms with E-state index in [1.54, 1.807) is 0 Å². The molecular weight excluding hydrogens is 386 g/mol. The van der Waals surface area contributed by atoms with Gasteiger partial charge in [0.25, 0.3) is 0 Å². The van der Waals surface area contributed by atoms with E-state index < -0.39 is 11.6 Å². The summed E-state index contributed by atoms with van der Waals surface area (Å²) in [6.07, 6.45) is 7.64. The molecule has 2 atom stereocenters. The highest BCUT2D eigenvalue weighted by Crippen LogP contribution is 2.32. The maximum absolute atomic E-state index is 14.3. The third kappa shape index (κ3) is 5.82. The molecule has 1 aliphatic rings. The lowest BCUT2D eigenvalue weighted by atomic mass is 9.94. The Kier molecular flexibility index (Phi) is 8.26. The molecule has 0 N–H and O–H groups in total. The van der Waals surface area contributed by atoms with Gasteiger partial charge in [0.05, 0.1) is 25.9 Å². The fourth-order valence-electron chi connectivity index (χ4n) is 3.49. The molecule has 3 nitrogen and oxygen atoms in total. The minimum Gasteiger partial charge on any atom is -0.490 e. The lowest BCUT2D eigenvalue weighted by Crippen LogP contribution is -2.25. The van der Waals surface area contributed by atoms with E-state index in [2.05, 4.69) is 30.3 Å². The first-order chi connectivity index (χ1) is 14.6. The van der Waals surface area contributed by atoms with Crippen LogP contribution in [0.5, 0.6) is 11.5 Å². The van der Waals surface area contributed by atoms with Crippen LogP contribution in [-0.2, 0) is 4.74 Å². The maximum Gasteiger partial charge on any atom is 0.204 e. The summed E-state index contributed by atoms with van der Waals surface area (Å²) in [5.74, 6) is -2.01. The highest BCUT2D eigenvalue weighted by molar-refractivity contribution is 5.49. The Morgan fingerprint density at radius 3 is 2.30 bits per heavy atom. The largest absolute Gasteiger partial charge is 0.490 e. The molecule has 0 radical (unpaired) electrons. The van der Waals surface area contributed by atoms with Gasteiger partial charge in [0.15, 0.2) is 11.5 Å². The van der Waals surface area contributed by atoms with Crippen LogP contribution in [0.4, 0.5) is 8.78 Å². The van der Waals surface area contributed by atoms with E-state index in [9.17, 15) is 8.78 Å². The van der Waals surface area contributed by atoms with Crippen LogP contribution in [0.25, 0.3) is 6.08 Å². The van der Waals surface area contributed by atoms with Gasteiger partial charge < -0.3 is 14.2 Å². The van der Waals surface area contributed by atoms with Crippen LogP contribution in [0, 0.1) is 17.6 Å². The van der Waals surface area contributed by atoms with Crippen LogP contribution in [0.15, 0.2) is 42.5 Å². The number of ether oxygens (including phenoxy) is 3. The second-order valence-corrected chi connectivity index (χ2v) is 7.63. The van der Waals surface area contributed by atoms with Crippen molar-refractivity contribution in [2.45, 2.75) is 45.6 Å². The Bertz CT molecular complexity index is 825. The van der Waals surface area contributed by atoms with Gasteiger partial charge in [-0.05, 0) is 49.4 Å². The highest BCUT2D eigenvalue weighted by atomic mass is 19.2. The molecule has 30 heavy (non-hydrogen) atoms. The van der Waals surface area contributed by atoms with E-state index in [1.807, 2.05) is 19.9 Å². The smallest absolute Gasteiger partial charge is 0.204 e. The molecule has 2 aromatic carbocycles. The summed E-state index contributed by atoms with van der Waals surface area (Å²) in [5.41, 5.74) is 2.33. The zero-order valence-electron chi connectivity index (χ0n) is 17.7.